The van der Waals surface area contributed by atoms with Gasteiger partial charge in [0.1, 0.15) is 195 Å². The SMILES string of the molecule is CC(=O)N[C@H]1[C@H](O[C@H]2[C@@H](O)[C@@H](CO)O[C@@H](O[C@H]3[C@H](O[C@@H]4O[C@@H](C)[C@@H](O)[C@@H](O)[C@@H]4O)[C@@H](NC(C)=O)[C@H](OC[C@@H](O)[C@H](O)[C@H](O[C@@H]4O[C@H](CO)[C@H](O)[C@H](O[C@]5(C(=O)O)C[C@H](O)[C@@H](NC(C)=O)[C@H]([C@H](O)[C@H](O)CO)O5)[C@H]4O)[C@H](CO)NC(C)=O)O[C@@H]3CO)[C@@H]2O)O[C@H](CO)[C@@H](O[C@@H]2O[C@H](CO)[C@H](O)[C@H](O)[C@H]2O)[C@@H]1O[C@@H]1O[C@@H](C)[C@@H](O)[C@@H](O)[C@@H]1O. The third kappa shape index (κ3) is 21.8. The number of hydrogen-bond donors (Lipinski definition) is 30. The first kappa shape index (κ1) is 97.2. The lowest BCUT2D eigenvalue weighted by Gasteiger charge is -2.52. The summed E-state index contributed by atoms with van der Waals surface area (Å²) in [6, 6.07) is -7.67. The minimum Gasteiger partial charge on any atom is -0.477 e. The van der Waals surface area contributed by atoms with Crippen LogP contribution < -0.4 is 21.3 Å². The van der Waals surface area contributed by atoms with Crippen LogP contribution in [0.1, 0.15) is 48.0 Å². The number of aliphatic carboxylic acids is 1. The highest BCUT2D eigenvalue weighted by Crippen LogP contribution is 2.42. The summed E-state index contributed by atoms with van der Waals surface area (Å²) in [7, 11) is 0. The standard InChI is InChI=1S/C65H110N4O47/c1-16-34(84)41(91)44(94)59(102-16)112-53-32(68-20(5)79)57(101-15-25(83)37(87)49(22(8-70)66-18(3)77)109-63-48(98)56(40(90)28(12-74)106-63)116-65(64(99)100)7-23(81)31(67-19(4)78)52(115-65)36(86)24(82)9-71)107-29(13-75)50(53)111-62-47(97)55(39(89)27(11-73)105-62)114-58-33(69-21(6)80)54(113-60-45(95)42(92)35(85)17(2)103-60)51(30(14-76)108-58)110-61-46(96)43(93)38(88)26(10-72)104-61/h16-17,22-63,70-76,81-98H,7-15H2,1-6H3,(H,66,77)(H,67,78)(H,68,79)(H,69,80)(H,99,100)/t16-,17-,22-,23-,24+,25+,26+,27+,28+,29+,30+,31+,32+,33+,34+,35+,36+,37-,38-,39-,40-,41+,42+,43-,44-,45-,46+,47+,48+,49+,50+,51+,52+,53+,54+,55-,56-,57+,58-,59-,60-,61-,62-,63-,65-/m0/s1. The van der Waals surface area contributed by atoms with Crippen LogP contribution in [0.2, 0.25) is 0 Å². The summed E-state index contributed by atoms with van der Waals surface area (Å²) in [5.74, 6) is -9.35. The summed E-state index contributed by atoms with van der Waals surface area (Å²) < 4.78 is 95.3. The molecule has 0 spiro atoms. The van der Waals surface area contributed by atoms with Crippen molar-refractivity contribution in [3.63, 3.8) is 0 Å². The maximum atomic E-state index is 13.5. The molecule has 8 heterocycles. The zero-order valence-corrected chi connectivity index (χ0v) is 63.0. The zero-order chi connectivity index (χ0) is 86.3. The molecule has 672 valence electrons. The first-order valence-corrected chi connectivity index (χ1v) is 36.9. The number of carboxylic acid groups (broad SMARTS) is 1. The molecule has 8 rings (SSSR count). The molecule has 116 heavy (non-hydrogen) atoms. The van der Waals surface area contributed by atoms with Gasteiger partial charge in [-0.15, -0.1) is 0 Å². The van der Waals surface area contributed by atoms with Gasteiger partial charge in [-0.25, -0.2) is 4.79 Å². The van der Waals surface area contributed by atoms with Crippen molar-refractivity contribution < 1.29 is 233 Å². The van der Waals surface area contributed by atoms with Crippen molar-refractivity contribution in [2.24, 2.45) is 0 Å². The van der Waals surface area contributed by atoms with E-state index in [1.807, 2.05) is 0 Å². The number of carbonyl (C=O) groups is 5. The Balaban J connectivity index is 1.11. The van der Waals surface area contributed by atoms with E-state index in [2.05, 4.69) is 21.3 Å². The highest BCUT2D eigenvalue weighted by Gasteiger charge is 2.63. The molecule has 30 N–H and O–H groups in total. The van der Waals surface area contributed by atoms with Gasteiger partial charge in [-0.1, -0.05) is 0 Å². The second-order valence-electron chi connectivity index (χ2n) is 29.3. The van der Waals surface area contributed by atoms with Crippen molar-refractivity contribution in [1.82, 2.24) is 21.3 Å². The van der Waals surface area contributed by atoms with Gasteiger partial charge in [0.05, 0.1) is 83.3 Å². The first-order valence-electron chi connectivity index (χ1n) is 36.9. The predicted octanol–water partition coefficient (Wildman–Crippen LogP) is -19.2. The second kappa shape index (κ2) is 42.2. The number of carboxylic acids is 1. The molecule has 8 saturated heterocycles. The topological polar surface area (TPSA) is 807 Å². The molecule has 0 saturated carbocycles. The van der Waals surface area contributed by atoms with Crippen molar-refractivity contribution in [2.75, 3.05) is 52.9 Å². The summed E-state index contributed by atoms with van der Waals surface area (Å²) in [6.45, 7) is -3.51. The van der Waals surface area contributed by atoms with Crippen molar-refractivity contribution in [3.05, 3.63) is 0 Å². The summed E-state index contributed by atoms with van der Waals surface area (Å²) in [4.78, 5) is 65.0. The van der Waals surface area contributed by atoms with E-state index in [0.29, 0.717) is 0 Å². The smallest absolute Gasteiger partial charge is 0.364 e. The Morgan fingerprint density at radius 1 is 0.405 bits per heavy atom. The molecule has 51 heteroatoms. The van der Waals surface area contributed by atoms with Crippen molar-refractivity contribution in [3.8, 4) is 0 Å². The Morgan fingerprint density at radius 3 is 1.24 bits per heavy atom. The molecule has 45 atom stereocenters. The molecule has 8 fully saturated rings. The van der Waals surface area contributed by atoms with E-state index in [-0.39, 0.29) is 0 Å². The number of carbonyl (C=O) groups excluding carboxylic acids is 4. The van der Waals surface area contributed by atoms with E-state index in [4.69, 9.17) is 75.8 Å². The number of ether oxygens (including phenoxy) is 16. The highest BCUT2D eigenvalue weighted by atomic mass is 16.8. The first-order chi connectivity index (χ1) is 54.6. The number of amides is 4. The fourth-order valence-corrected chi connectivity index (χ4v) is 14.7. The predicted molar refractivity (Wildman–Crippen MR) is 360 cm³/mol. The van der Waals surface area contributed by atoms with Gasteiger partial charge in [0, 0.05) is 34.1 Å². The molecule has 0 aromatic heterocycles. The van der Waals surface area contributed by atoms with Crippen LogP contribution in [-0.2, 0) is 99.8 Å². The third-order valence-electron chi connectivity index (χ3n) is 20.9. The normalized spacial score (nSPS) is 45.3. The third-order valence-corrected chi connectivity index (χ3v) is 20.9. The monoisotopic (exact) mass is 1700 g/mol. The Bertz CT molecular complexity index is 3120. The van der Waals surface area contributed by atoms with Gasteiger partial charge < -0.3 is 230 Å². The quantitative estimate of drug-likeness (QED) is 0.0284. The van der Waals surface area contributed by atoms with Gasteiger partial charge >= 0.3 is 5.97 Å². The van der Waals surface area contributed by atoms with Crippen LogP contribution in [0.15, 0.2) is 0 Å². The van der Waals surface area contributed by atoms with Crippen LogP contribution >= 0.6 is 0 Å². The Morgan fingerprint density at radius 2 is 0.793 bits per heavy atom. The minimum absolute atomic E-state index is 0.882. The maximum Gasteiger partial charge on any atom is 0.364 e. The molecule has 4 amide bonds. The molecule has 0 radical (unpaired) electrons. The lowest BCUT2D eigenvalue weighted by atomic mass is 9.88. The van der Waals surface area contributed by atoms with E-state index in [0.717, 1.165) is 27.7 Å². The number of nitrogens with one attached hydrogen (secondary N) is 4. The van der Waals surface area contributed by atoms with Crippen LogP contribution in [0.5, 0.6) is 0 Å². The summed E-state index contributed by atoms with van der Waals surface area (Å²) in [6.07, 6.45) is -86.2. The van der Waals surface area contributed by atoms with Gasteiger partial charge in [0.15, 0.2) is 44.0 Å². The van der Waals surface area contributed by atoms with Gasteiger partial charge in [-0.3, -0.25) is 19.2 Å². The van der Waals surface area contributed by atoms with Crippen LogP contribution in [0.25, 0.3) is 0 Å². The maximum absolute atomic E-state index is 13.5. The van der Waals surface area contributed by atoms with Crippen molar-refractivity contribution in [1.29, 1.82) is 0 Å². The average Bonchev–Trinajstić information content (AvgIpc) is 0.728. The summed E-state index contributed by atoms with van der Waals surface area (Å²) in [5.41, 5.74) is 0. The van der Waals surface area contributed by atoms with E-state index < -0.39 is 364 Å². The highest BCUT2D eigenvalue weighted by molar-refractivity contribution is 5.77. The Hall–Kier alpha value is -4.29. The summed E-state index contributed by atoms with van der Waals surface area (Å²) >= 11 is 0. The minimum atomic E-state index is -3.32. The molecular formula is C65H110N4O47. The Labute approximate surface area is 658 Å². The number of aliphatic hydroxyl groups is 25. The lowest BCUT2D eigenvalue weighted by molar-refractivity contribution is -0.394. The van der Waals surface area contributed by atoms with Gasteiger partial charge in [0.2, 0.25) is 23.6 Å². The molecule has 0 unspecified atom stereocenters. The van der Waals surface area contributed by atoms with Gasteiger partial charge in [-0.2, -0.15) is 0 Å². The number of hydrogen-bond acceptors (Lipinski definition) is 46. The fraction of sp³-hybridized carbons (Fsp3) is 0.923. The van der Waals surface area contributed by atoms with Gasteiger partial charge in [0.25, 0.3) is 5.79 Å². The molecular weight excluding hydrogens is 1590 g/mol. The second-order valence-corrected chi connectivity index (χ2v) is 29.3. The molecule has 0 aliphatic carbocycles. The van der Waals surface area contributed by atoms with E-state index in [1.54, 1.807) is 0 Å². The molecule has 8 aliphatic rings. The lowest BCUT2D eigenvalue weighted by Crippen LogP contribution is -2.71. The van der Waals surface area contributed by atoms with Gasteiger partial charge in [-0.05, 0) is 13.8 Å². The largest absolute Gasteiger partial charge is 0.477 e. The van der Waals surface area contributed by atoms with Crippen LogP contribution in [0.3, 0.4) is 0 Å². The molecule has 0 bridgehead atoms. The fourth-order valence-electron chi connectivity index (χ4n) is 14.7. The van der Waals surface area contributed by atoms with Crippen LogP contribution in [0, 0.1) is 0 Å². The van der Waals surface area contributed by atoms with Crippen LogP contribution in [0.4, 0.5) is 0 Å². The molecule has 0 aromatic carbocycles. The molecule has 51 nitrogen and oxygen atoms in total. The van der Waals surface area contributed by atoms with E-state index in [1.165, 1.54) is 13.8 Å². The number of aliphatic hydroxyl groups excluding tert-OH is 25. The van der Waals surface area contributed by atoms with Crippen LogP contribution in [-0.4, -0.2) is 491 Å². The average molecular weight is 1700 g/mol. The zero-order valence-electron chi connectivity index (χ0n) is 63.0. The van der Waals surface area contributed by atoms with Crippen molar-refractivity contribution in [2.45, 2.75) is 323 Å². The molecule has 0 aromatic rings. The van der Waals surface area contributed by atoms with Crippen molar-refractivity contribution >= 4 is 29.6 Å². The van der Waals surface area contributed by atoms with E-state index >= 15 is 0 Å². The number of rotatable bonds is 34. The Kier molecular flexibility index (Phi) is 35.3. The molecule has 8 aliphatic heterocycles. The van der Waals surface area contributed by atoms with E-state index in [9.17, 15) is 157 Å². The summed E-state index contributed by atoms with van der Waals surface area (Å²) in [5, 5.41) is 297.